The van der Waals surface area contributed by atoms with Crippen molar-refractivity contribution in [2.24, 2.45) is 0 Å². The first-order valence-corrected chi connectivity index (χ1v) is 8.04. The van der Waals surface area contributed by atoms with Crippen LogP contribution in [-0.2, 0) is 6.54 Å². The van der Waals surface area contributed by atoms with E-state index in [4.69, 9.17) is 9.47 Å². The Morgan fingerprint density at radius 1 is 0.826 bits per heavy atom. The third kappa shape index (κ3) is 6.20. The lowest BCUT2D eigenvalue weighted by Gasteiger charge is -2.16. The van der Waals surface area contributed by atoms with Gasteiger partial charge in [-0.3, -0.25) is 0 Å². The zero-order valence-corrected chi connectivity index (χ0v) is 14.3. The highest BCUT2D eigenvalue weighted by Crippen LogP contribution is 2.25. The van der Waals surface area contributed by atoms with E-state index in [-0.39, 0.29) is 12.2 Å². The smallest absolute Gasteiger partial charge is 0.123 e. The number of hydrogen-bond donors (Lipinski definition) is 2. The number of para-hydroxylation sites is 1. The van der Waals surface area contributed by atoms with Crippen LogP contribution < -0.4 is 20.3 Å². The summed E-state index contributed by atoms with van der Waals surface area (Å²) in [6.07, 6.45) is 0.264. The van der Waals surface area contributed by atoms with E-state index in [1.807, 2.05) is 76.2 Å². The molecule has 2 N–H and O–H groups in total. The van der Waals surface area contributed by atoms with Gasteiger partial charge >= 0.3 is 0 Å². The van der Waals surface area contributed by atoms with E-state index < -0.39 is 0 Å². The summed E-state index contributed by atoms with van der Waals surface area (Å²) in [7, 11) is 0. The highest BCUT2D eigenvalue weighted by molar-refractivity contribution is 5.42. The summed E-state index contributed by atoms with van der Waals surface area (Å²) < 4.78 is 11.6. The highest BCUT2D eigenvalue weighted by atomic mass is 16.5. The molecule has 0 aromatic heterocycles. The van der Waals surface area contributed by atoms with E-state index in [1.54, 1.807) is 0 Å². The van der Waals surface area contributed by atoms with Gasteiger partial charge in [0, 0.05) is 18.3 Å². The Morgan fingerprint density at radius 2 is 1.39 bits per heavy atom. The maximum absolute atomic E-state index is 5.81. The summed E-state index contributed by atoms with van der Waals surface area (Å²) >= 11 is 0. The SMILES string of the molecule is CC(C)Oc1cc(CNNc2ccccc2)cc(OC(C)C)c1. The first kappa shape index (κ1) is 17.2. The van der Waals surface area contributed by atoms with Crippen molar-refractivity contribution in [2.45, 2.75) is 46.4 Å². The van der Waals surface area contributed by atoms with E-state index >= 15 is 0 Å². The number of rotatable bonds is 8. The number of nitrogens with one attached hydrogen (secondary N) is 2. The monoisotopic (exact) mass is 314 g/mol. The molecule has 0 amide bonds. The molecule has 0 spiro atoms. The highest BCUT2D eigenvalue weighted by Gasteiger charge is 2.06. The molecule has 0 unspecified atom stereocenters. The summed E-state index contributed by atoms with van der Waals surface area (Å²) in [5.74, 6) is 1.66. The van der Waals surface area contributed by atoms with Gasteiger partial charge in [-0.2, -0.15) is 0 Å². The Labute approximate surface area is 138 Å². The van der Waals surface area contributed by atoms with E-state index in [0.29, 0.717) is 6.54 Å². The average Bonchev–Trinajstić information content (AvgIpc) is 2.46. The number of benzene rings is 2. The third-order valence-corrected chi connectivity index (χ3v) is 2.98. The number of ether oxygens (including phenoxy) is 2. The Hall–Kier alpha value is -2.20. The summed E-state index contributed by atoms with van der Waals surface area (Å²) in [5.41, 5.74) is 8.53. The molecule has 0 aliphatic heterocycles. The molecule has 0 bridgehead atoms. The maximum Gasteiger partial charge on any atom is 0.123 e. The summed E-state index contributed by atoms with van der Waals surface area (Å²) in [6, 6.07) is 16.0. The molecule has 4 nitrogen and oxygen atoms in total. The second-order valence-electron chi connectivity index (χ2n) is 5.99. The largest absolute Gasteiger partial charge is 0.491 e. The second kappa shape index (κ2) is 8.44. The minimum Gasteiger partial charge on any atom is -0.491 e. The topological polar surface area (TPSA) is 42.5 Å². The molecule has 0 radical (unpaired) electrons. The van der Waals surface area contributed by atoms with Gasteiger partial charge in [0.1, 0.15) is 11.5 Å². The van der Waals surface area contributed by atoms with Crippen molar-refractivity contribution in [1.29, 1.82) is 0 Å². The van der Waals surface area contributed by atoms with Gasteiger partial charge in [-0.05, 0) is 57.5 Å². The van der Waals surface area contributed by atoms with Crippen molar-refractivity contribution in [2.75, 3.05) is 5.43 Å². The summed E-state index contributed by atoms with van der Waals surface area (Å²) in [6.45, 7) is 8.74. The van der Waals surface area contributed by atoms with Gasteiger partial charge in [-0.1, -0.05) is 18.2 Å². The second-order valence-corrected chi connectivity index (χ2v) is 5.99. The molecule has 2 aromatic rings. The van der Waals surface area contributed by atoms with Crippen LogP contribution in [0.15, 0.2) is 48.5 Å². The van der Waals surface area contributed by atoms with Crippen LogP contribution >= 0.6 is 0 Å². The van der Waals surface area contributed by atoms with Crippen molar-refractivity contribution in [3.8, 4) is 11.5 Å². The molecule has 2 aromatic carbocycles. The molecule has 124 valence electrons. The van der Waals surface area contributed by atoms with E-state index in [1.165, 1.54) is 0 Å². The van der Waals surface area contributed by atoms with E-state index in [0.717, 1.165) is 22.7 Å². The molecule has 0 saturated carbocycles. The molecular weight excluding hydrogens is 288 g/mol. The molecular formula is C19H26N2O2. The lowest BCUT2D eigenvalue weighted by molar-refractivity contribution is 0.228. The number of hydrazine groups is 1. The van der Waals surface area contributed by atoms with Crippen molar-refractivity contribution >= 4 is 5.69 Å². The quantitative estimate of drug-likeness (QED) is 0.710. The average molecular weight is 314 g/mol. The summed E-state index contributed by atoms with van der Waals surface area (Å²) in [4.78, 5) is 0. The third-order valence-electron chi connectivity index (χ3n) is 2.98. The maximum atomic E-state index is 5.81. The number of hydrogen-bond acceptors (Lipinski definition) is 4. The molecule has 4 heteroatoms. The van der Waals surface area contributed by atoms with Gasteiger partial charge in [0.15, 0.2) is 0 Å². The first-order chi connectivity index (χ1) is 11.0. The van der Waals surface area contributed by atoms with E-state index in [2.05, 4.69) is 10.9 Å². The Balaban J connectivity index is 2.03. The van der Waals surface area contributed by atoms with Gasteiger partial charge < -0.3 is 14.9 Å². The molecule has 0 aliphatic rings. The molecule has 0 atom stereocenters. The van der Waals surface area contributed by atoms with Gasteiger partial charge in [0.05, 0.1) is 12.2 Å². The normalized spacial score (nSPS) is 10.9. The van der Waals surface area contributed by atoms with Crippen LogP contribution in [0, 0.1) is 0 Å². The van der Waals surface area contributed by atoms with Crippen LogP contribution in [0.4, 0.5) is 5.69 Å². The van der Waals surface area contributed by atoms with Crippen LogP contribution in [0.1, 0.15) is 33.3 Å². The van der Waals surface area contributed by atoms with Crippen molar-refractivity contribution < 1.29 is 9.47 Å². The number of anilines is 1. The lowest BCUT2D eigenvalue weighted by Crippen LogP contribution is -2.21. The van der Waals surface area contributed by atoms with Gasteiger partial charge in [0.2, 0.25) is 0 Å². The fourth-order valence-corrected chi connectivity index (χ4v) is 2.18. The lowest BCUT2D eigenvalue weighted by atomic mass is 10.2. The Bertz CT molecular complexity index is 569. The zero-order valence-electron chi connectivity index (χ0n) is 14.3. The minimum atomic E-state index is 0.132. The van der Waals surface area contributed by atoms with Crippen molar-refractivity contribution in [1.82, 2.24) is 5.43 Å². The molecule has 0 heterocycles. The van der Waals surface area contributed by atoms with Crippen LogP contribution in [0.2, 0.25) is 0 Å². The van der Waals surface area contributed by atoms with Crippen molar-refractivity contribution in [3.63, 3.8) is 0 Å². The van der Waals surface area contributed by atoms with Crippen molar-refractivity contribution in [3.05, 3.63) is 54.1 Å². The summed E-state index contributed by atoms with van der Waals surface area (Å²) in [5, 5.41) is 0. The molecule has 0 fully saturated rings. The molecule has 23 heavy (non-hydrogen) atoms. The molecule has 0 aliphatic carbocycles. The zero-order chi connectivity index (χ0) is 16.7. The van der Waals surface area contributed by atoms with Crippen LogP contribution in [0.3, 0.4) is 0 Å². The fourth-order valence-electron chi connectivity index (χ4n) is 2.18. The predicted octanol–water partition coefficient (Wildman–Crippen LogP) is 4.38. The minimum absolute atomic E-state index is 0.132. The Morgan fingerprint density at radius 3 is 1.91 bits per heavy atom. The van der Waals surface area contributed by atoms with E-state index in [9.17, 15) is 0 Å². The van der Waals surface area contributed by atoms with Gasteiger partial charge in [-0.25, -0.2) is 5.43 Å². The van der Waals surface area contributed by atoms with Crippen LogP contribution in [-0.4, -0.2) is 12.2 Å². The molecule has 0 saturated heterocycles. The van der Waals surface area contributed by atoms with Gasteiger partial charge in [0.25, 0.3) is 0 Å². The van der Waals surface area contributed by atoms with Crippen LogP contribution in [0.5, 0.6) is 11.5 Å². The van der Waals surface area contributed by atoms with Crippen LogP contribution in [0.25, 0.3) is 0 Å². The standard InChI is InChI=1S/C19H26N2O2/c1-14(2)22-18-10-16(11-19(12-18)23-15(3)4)13-20-21-17-8-6-5-7-9-17/h5-12,14-15,20-21H,13H2,1-4H3. The predicted molar refractivity (Wildman–Crippen MR) is 94.9 cm³/mol. The first-order valence-electron chi connectivity index (χ1n) is 8.04. The van der Waals surface area contributed by atoms with Gasteiger partial charge in [-0.15, -0.1) is 0 Å². The molecule has 2 rings (SSSR count). The Kier molecular flexibility index (Phi) is 6.29. The fraction of sp³-hybridized carbons (Fsp3) is 0.368.